The minimum atomic E-state index is -0.855. The highest BCUT2D eigenvalue weighted by molar-refractivity contribution is 6.44. The zero-order valence-electron chi connectivity index (χ0n) is 17.4. The van der Waals surface area contributed by atoms with E-state index >= 15 is 0 Å². The molecule has 5 nitrogen and oxygen atoms in total. The van der Waals surface area contributed by atoms with Crippen LogP contribution >= 0.6 is 23.2 Å². The van der Waals surface area contributed by atoms with Gasteiger partial charge in [0, 0.05) is 30.5 Å². The molecule has 0 amide bonds. The van der Waals surface area contributed by atoms with Crippen LogP contribution in [0, 0.1) is 5.41 Å². The van der Waals surface area contributed by atoms with Crippen LogP contribution in [0.5, 0.6) is 5.75 Å². The molecule has 1 heterocycles. The lowest BCUT2D eigenvalue weighted by Crippen LogP contribution is -2.48. The summed E-state index contributed by atoms with van der Waals surface area (Å²) in [5.74, 6) is 0.0695. The Kier molecular flexibility index (Phi) is 6.16. The van der Waals surface area contributed by atoms with Crippen LogP contribution in [0.3, 0.4) is 0 Å². The van der Waals surface area contributed by atoms with Gasteiger partial charge in [-0.1, -0.05) is 36.5 Å². The third kappa shape index (κ3) is 3.65. The van der Waals surface area contributed by atoms with Crippen molar-refractivity contribution in [3.63, 3.8) is 0 Å². The lowest BCUT2D eigenvalue weighted by atomic mass is 9.71. The van der Waals surface area contributed by atoms with Gasteiger partial charge in [0.25, 0.3) is 6.23 Å². The van der Waals surface area contributed by atoms with E-state index in [2.05, 4.69) is 6.92 Å². The Morgan fingerprint density at radius 2 is 1.97 bits per heavy atom. The first-order valence-electron chi connectivity index (χ1n) is 10.6. The van der Waals surface area contributed by atoms with Gasteiger partial charge in [-0.15, -0.1) is 0 Å². The first-order valence-corrected chi connectivity index (χ1v) is 11.4. The number of rotatable bonds is 5. The summed E-state index contributed by atoms with van der Waals surface area (Å²) in [6.45, 7) is 3.68. The molecule has 1 aromatic carbocycles. The van der Waals surface area contributed by atoms with Crippen LogP contribution in [-0.2, 0) is 20.7 Å². The molecule has 0 radical (unpaired) electrons. The monoisotopic (exact) mass is 451 g/mol. The second-order valence-corrected chi connectivity index (χ2v) is 9.22. The maximum absolute atomic E-state index is 12.5. The fourth-order valence-electron chi connectivity index (χ4n) is 5.08. The molecule has 1 fully saturated rings. The number of ketones is 1. The first-order chi connectivity index (χ1) is 14.4. The Morgan fingerprint density at radius 3 is 2.63 bits per heavy atom. The quantitative estimate of drug-likeness (QED) is 0.585. The maximum Gasteiger partial charge on any atom is 0.363 e. The van der Waals surface area contributed by atoms with Crippen molar-refractivity contribution in [2.24, 2.45) is 5.41 Å². The van der Waals surface area contributed by atoms with Crippen LogP contribution < -0.4 is 4.74 Å². The van der Waals surface area contributed by atoms with Gasteiger partial charge in [0.05, 0.1) is 12.1 Å². The summed E-state index contributed by atoms with van der Waals surface area (Å²) in [7, 11) is 1.36. The Labute approximate surface area is 187 Å². The van der Waals surface area contributed by atoms with Crippen LogP contribution in [0.25, 0.3) is 5.57 Å². The van der Waals surface area contributed by atoms with Gasteiger partial charge in [-0.3, -0.25) is 9.69 Å². The number of likely N-dealkylation sites (tertiary alicyclic amines) is 1. The number of allylic oxidation sites excluding steroid dienone is 2. The summed E-state index contributed by atoms with van der Waals surface area (Å²) in [5.41, 5.74) is 2.78. The van der Waals surface area contributed by atoms with Crippen LogP contribution in [-0.4, -0.2) is 43.1 Å². The number of carbonyl (C=O) groups is 2. The highest BCUT2D eigenvalue weighted by atomic mass is 35.5. The number of hydrogen-bond donors (Lipinski definition) is 0. The van der Waals surface area contributed by atoms with E-state index in [1.165, 1.54) is 7.11 Å². The number of methoxy groups -OCH3 is 1. The molecular weight excluding hydrogens is 425 g/mol. The lowest BCUT2D eigenvalue weighted by Gasteiger charge is -2.33. The van der Waals surface area contributed by atoms with Gasteiger partial charge >= 0.3 is 5.97 Å². The topological polar surface area (TPSA) is 55.8 Å². The standard InChI is InChI=1S/C23H27Cl2NO4/c1-3-23-8-7-15(27)12-16(23)18-14(13-23)11-17(19(24)20(18)25)30-21(22(28)29-2)26-9-5-4-6-10-26/h11-12,21H,3-10,13H2,1-2H3. The average molecular weight is 452 g/mol. The molecule has 0 saturated carbocycles. The average Bonchev–Trinajstić information content (AvgIpc) is 3.09. The van der Waals surface area contributed by atoms with Gasteiger partial charge in [-0.2, -0.15) is 0 Å². The molecular formula is C23H27Cl2NO4. The Balaban J connectivity index is 1.72. The number of halogens is 2. The molecule has 0 spiro atoms. The summed E-state index contributed by atoms with van der Waals surface area (Å²) in [6.07, 6.45) is 7.13. The summed E-state index contributed by atoms with van der Waals surface area (Å²) in [6, 6.07) is 1.89. The molecule has 2 unspecified atom stereocenters. The highest BCUT2D eigenvalue weighted by Crippen LogP contribution is 2.57. The molecule has 0 aromatic heterocycles. The van der Waals surface area contributed by atoms with Gasteiger partial charge in [0.2, 0.25) is 0 Å². The maximum atomic E-state index is 12.5. The zero-order chi connectivity index (χ0) is 21.5. The molecule has 0 N–H and O–H groups in total. The largest absolute Gasteiger partial charge is 0.465 e. The van der Waals surface area contributed by atoms with Crippen molar-refractivity contribution in [1.29, 1.82) is 0 Å². The van der Waals surface area contributed by atoms with Crippen molar-refractivity contribution in [2.45, 2.75) is 58.1 Å². The minimum Gasteiger partial charge on any atom is -0.465 e. The van der Waals surface area contributed by atoms with Crippen molar-refractivity contribution in [3.05, 3.63) is 33.3 Å². The predicted molar refractivity (Wildman–Crippen MR) is 117 cm³/mol. The third-order valence-electron chi connectivity index (χ3n) is 6.82. The second kappa shape index (κ2) is 8.52. The number of nitrogens with zero attached hydrogens (tertiary/aromatic N) is 1. The Bertz CT molecular complexity index is 907. The third-order valence-corrected chi connectivity index (χ3v) is 7.67. The molecule has 4 rings (SSSR count). The van der Waals surface area contributed by atoms with Crippen LogP contribution in [0.15, 0.2) is 12.1 Å². The van der Waals surface area contributed by atoms with E-state index in [0.717, 1.165) is 68.3 Å². The van der Waals surface area contributed by atoms with E-state index in [0.29, 0.717) is 17.2 Å². The molecule has 2 aliphatic carbocycles. The van der Waals surface area contributed by atoms with E-state index in [-0.39, 0.29) is 16.2 Å². The zero-order valence-corrected chi connectivity index (χ0v) is 18.9. The SMILES string of the molecule is CCC12CCC(=O)C=C1c1c(cc(OC(C(=O)OC)N3CCCCC3)c(Cl)c1Cl)C2. The number of piperidine rings is 1. The van der Waals surface area contributed by atoms with Crippen molar-refractivity contribution in [3.8, 4) is 5.75 Å². The van der Waals surface area contributed by atoms with Crippen LogP contribution in [0.1, 0.15) is 56.6 Å². The van der Waals surface area contributed by atoms with Crippen molar-refractivity contribution in [1.82, 2.24) is 4.90 Å². The normalized spacial score (nSPS) is 24.7. The highest BCUT2D eigenvalue weighted by Gasteiger charge is 2.45. The molecule has 3 aliphatic rings. The van der Waals surface area contributed by atoms with E-state index in [1.54, 1.807) is 6.08 Å². The minimum absolute atomic E-state index is 0.0868. The number of carbonyl (C=O) groups excluding carboxylic acids is 2. The van der Waals surface area contributed by atoms with Gasteiger partial charge in [0.1, 0.15) is 10.8 Å². The molecule has 1 aromatic rings. The molecule has 1 aliphatic heterocycles. The van der Waals surface area contributed by atoms with Gasteiger partial charge in [-0.05, 0) is 55.4 Å². The molecule has 162 valence electrons. The molecule has 2 atom stereocenters. The van der Waals surface area contributed by atoms with Crippen LogP contribution in [0.4, 0.5) is 0 Å². The smallest absolute Gasteiger partial charge is 0.363 e. The van der Waals surface area contributed by atoms with E-state index < -0.39 is 12.2 Å². The Hall–Kier alpha value is -1.56. The summed E-state index contributed by atoms with van der Waals surface area (Å²) < 4.78 is 11.1. The van der Waals surface area contributed by atoms with Crippen LogP contribution in [0.2, 0.25) is 10.0 Å². The van der Waals surface area contributed by atoms with Crippen molar-refractivity contribution in [2.75, 3.05) is 20.2 Å². The predicted octanol–water partition coefficient (Wildman–Crippen LogP) is 5.06. The number of hydrogen-bond acceptors (Lipinski definition) is 5. The number of ether oxygens (including phenoxy) is 2. The fourth-order valence-corrected chi connectivity index (χ4v) is 5.59. The number of esters is 1. The Morgan fingerprint density at radius 1 is 1.23 bits per heavy atom. The summed E-state index contributed by atoms with van der Waals surface area (Å²) in [4.78, 5) is 26.6. The molecule has 30 heavy (non-hydrogen) atoms. The van der Waals surface area contributed by atoms with E-state index in [9.17, 15) is 9.59 Å². The number of fused-ring (bicyclic) bond motifs is 3. The lowest BCUT2D eigenvalue weighted by molar-refractivity contribution is -0.159. The van der Waals surface area contributed by atoms with Crippen molar-refractivity contribution >= 4 is 40.5 Å². The van der Waals surface area contributed by atoms with Gasteiger partial charge < -0.3 is 9.47 Å². The molecule has 1 saturated heterocycles. The summed E-state index contributed by atoms with van der Waals surface area (Å²) in [5, 5.41) is 0.662. The number of benzene rings is 1. The first kappa shape index (κ1) is 21.7. The van der Waals surface area contributed by atoms with Gasteiger partial charge in [-0.25, -0.2) is 4.79 Å². The molecule has 0 bridgehead atoms. The van der Waals surface area contributed by atoms with E-state index in [4.69, 9.17) is 32.7 Å². The summed E-state index contributed by atoms with van der Waals surface area (Å²) >= 11 is 13.3. The van der Waals surface area contributed by atoms with Gasteiger partial charge in [0.15, 0.2) is 5.78 Å². The van der Waals surface area contributed by atoms with E-state index in [1.807, 2.05) is 11.0 Å². The fraction of sp³-hybridized carbons (Fsp3) is 0.565. The van der Waals surface area contributed by atoms with Crippen molar-refractivity contribution < 1.29 is 19.1 Å². The molecule has 7 heteroatoms. The second-order valence-electron chi connectivity index (χ2n) is 8.46.